The highest BCUT2D eigenvalue weighted by Gasteiger charge is 2.16. The predicted molar refractivity (Wildman–Crippen MR) is 130 cm³/mol. The Morgan fingerprint density at radius 2 is 1.77 bits per heavy atom. The summed E-state index contributed by atoms with van der Waals surface area (Å²) >= 11 is 11.4. The average Bonchev–Trinajstić information content (AvgIpc) is 2.76. The van der Waals surface area contributed by atoms with Crippen molar-refractivity contribution >= 4 is 50.3 Å². The number of hydrogen-bond donors (Lipinski definition) is 3. The predicted octanol–water partition coefficient (Wildman–Crippen LogP) is 4.68. The molecule has 0 atom stereocenters. The molecule has 0 spiro atoms. The zero-order valence-electron chi connectivity index (χ0n) is 16.8. The fourth-order valence-electron chi connectivity index (χ4n) is 2.78. The van der Waals surface area contributed by atoms with Gasteiger partial charge >= 0.3 is 0 Å². The van der Waals surface area contributed by atoms with Crippen LogP contribution < -0.4 is 20.1 Å². The molecule has 31 heavy (non-hydrogen) atoms. The third kappa shape index (κ3) is 6.58. The van der Waals surface area contributed by atoms with Crippen LogP contribution in [-0.2, 0) is 16.4 Å². The molecule has 162 valence electrons. The highest BCUT2D eigenvalue weighted by molar-refractivity contribution is 7.92. The second-order valence-electron chi connectivity index (χ2n) is 6.59. The second-order valence-corrected chi connectivity index (χ2v) is 9.09. The molecule has 0 fully saturated rings. The topological polar surface area (TPSA) is 79.5 Å². The van der Waals surface area contributed by atoms with Crippen molar-refractivity contribution in [3.8, 4) is 5.75 Å². The summed E-state index contributed by atoms with van der Waals surface area (Å²) < 4.78 is 33.1. The van der Waals surface area contributed by atoms with Gasteiger partial charge in [0.15, 0.2) is 5.11 Å². The Labute approximate surface area is 192 Å². The molecule has 3 aromatic carbocycles. The maximum Gasteiger partial charge on any atom is 0.262 e. The lowest BCUT2D eigenvalue weighted by molar-refractivity contribution is 0.414. The molecule has 3 rings (SSSR count). The SMILES string of the molecule is COc1ccc(CCNC(=S)Nc2cccc(S(=O)(=O)Nc3ccccc3Cl)c2)cc1. The van der Waals surface area contributed by atoms with E-state index in [9.17, 15) is 8.42 Å². The zero-order chi connectivity index (χ0) is 22.3. The number of ether oxygens (including phenoxy) is 1. The molecule has 0 saturated heterocycles. The van der Waals surface area contributed by atoms with Gasteiger partial charge in [-0.2, -0.15) is 0 Å². The molecule has 0 bridgehead atoms. The Morgan fingerprint density at radius 3 is 2.48 bits per heavy atom. The minimum atomic E-state index is -3.80. The molecule has 0 unspecified atom stereocenters. The maximum absolute atomic E-state index is 12.7. The number of sulfonamides is 1. The van der Waals surface area contributed by atoms with Crippen LogP contribution in [0.2, 0.25) is 5.02 Å². The second kappa shape index (κ2) is 10.5. The number of rotatable bonds is 8. The van der Waals surface area contributed by atoms with Gasteiger partial charge in [-0.05, 0) is 66.7 Å². The molecule has 3 aromatic rings. The van der Waals surface area contributed by atoms with E-state index in [-0.39, 0.29) is 4.90 Å². The molecular formula is C22H22ClN3O3S2. The molecule has 0 heterocycles. The van der Waals surface area contributed by atoms with Crippen molar-refractivity contribution in [1.29, 1.82) is 0 Å². The van der Waals surface area contributed by atoms with Crippen LogP contribution in [0.15, 0.2) is 77.7 Å². The first-order chi connectivity index (χ1) is 14.9. The molecule has 0 aliphatic heterocycles. The molecule has 6 nitrogen and oxygen atoms in total. The first-order valence-corrected chi connectivity index (χ1v) is 11.7. The van der Waals surface area contributed by atoms with E-state index in [0.29, 0.717) is 28.1 Å². The lowest BCUT2D eigenvalue weighted by Crippen LogP contribution is -2.30. The van der Waals surface area contributed by atoms with Crippen molar-refractivity contribution in [3.63, 3.8) is 0 Å². The fourth-order valence-corrected chi connectivity index (χ4v) is 4.36. The van der Waals surface area contributed by atoms with Gasteiger partial charge in [-0.25, -0.2) is 8.42 Å². The van der Waals surface area contributed by atoms with E-state index < -0.39 is 10.0 Å². The number of thiocarbonyl (C=S) groups is 1. The number of halogens is 1. The van der Waals surface area contributed by atoms with Gasteiger partial charge < -0.3 is 15.4 Å². The van der Waals surface area contributed by atoms with Crippen LogP contribution >= 0.6 is 23.8 Å². The maximum atomic E-state index is 12.7. The summed E-state index contributed by atoms with van der Waals surface area (Å²) in [6, 6.07) is 20.9. The highest BCUT2D eigenvalue weighted by Crippen LogP contribution is 2.25. The van der Waals surface area contributed by atoms with Gasteiger partial charge in [-0.1, -0.05) is 41.9 Å². The van der Waals surface area contributed by atoms with Crippen molar-refractivity contribution in [2.75, 3.05) is 23.7 Å². The monoisotopic (exact) mass is 475 g/mol. The Balaban J connectivity index is 1.57. The Hall–Kier alpha value is -2.81. The number of methoxy groups -OCH3 is 1. The standard InChI is InChI=1S/C22H22ClN3O3S2/c1-29-18-11-9-16(10-12-18)13-14-24-22(30)25-17-5-4-6-19(15-17)31(27,28)26-21-8-3-2-7-20(21)23/h2-12,15,26H,13-14H2,1H3,(H2,24,25,30). The van der Waals surface area contributed by atoms with E-state index in [1.54, 1.807) is 43.5 Å². The molecule has 0 radical (unpaired) electrons. The Bertz CT molecular complexity index is 1150. The van der Waals surface area contributed by atoms with E-state index in [0.717, 1.165) is 17.7 Å². The van der Waals surface area contributed by atoms with Crippen LogP contribution in [0.5, 0.6) is 5.75 Å². The molecule has 0 saturated carbocycles. The van der Waals surface area contributed by atoms with Crippen LogP contribution in [-0.4, -0.2) is 27.2 Å². The van der Waals surface area contributed by atoms with E-state index >= 15 is 0 Å². The summed E-state index contributed by atoms with van der Waals surface area (Å²) in [6.45, 7) is 0.629. The molecule has 0 amide bonds. The van der Waals surface area contributed by atoms with Gasteiger partial charge in [0.1, 0.15) is 5.75 Å². The summed E-state index contributed by atoms with van der Waals surface area (Å²) in [5.74, 6) is 0.813. The quantitative estimate of drug-likeness (QED) is 0.410. The highest BCUT2D eigenvalue weighted by atomic mass is 35.5. The van der Waals surface area contributed by atoms with E-state index in [1.165, 1.54) is 12.1 Å². The number of nitrogens with one attached hydrogen (secondary N) is 3. The molecule has 9 heteroatoms. The third-order valence-electron chi connectivity index (χ3n) is 4.38. The summed E-state index contributed by atoms with van der Waals surface area (Å²) in [4.78, 5) is 0.0958. The van der Waals surface area contributed by atoms with Gasteiger partial charge in [0, 0.05) is 12.2 Å². The third-order valence-corrected chi connectivity index (χ3v) is 6.32. The number of benzene rings is 3. The minimum absolute atomic E-state index is 0.0958. The first kappa shape index (κ1) is 22.9. The van der Waals surface area contributed by atoms with Crippen molar-refractivity contribution < 1.29 is 13.2 Å². The summed E-state index contributed by atoms with van der Waals surface area (Å²) in [6.07, 6.45) is 0.780. The summed E-state index contributed by atoms with van der Waals surface area (Å²) in [7, 11) is -2.17. The lowest BCUT2D eigenvalue weighted by Gasteiger charge is -2.13. The summed E-state index contributed by atoms with van der Waals surface area (Å²) in [5, 5.41) is 6.86. The van der Waals surface area contributed by atoms with E-state index in [2.05, 4.69) is 15.4 Å². The van der Waals surface area contributed by atoms with Crippen LogP contribution in [0.3, 0.4) is 0 Å². The van der Waals surface area contributed by atoms with Gasteiger partial charge in [0.25, 0.3) is 10.0 Å². The largest absolute Gasteiger partial charge is 0.497 e. The van der Waals surface area contributed by atoms with E-state index in [1.807, 2.05) is 24.3 Å². The molecule has 0 aliphatic rings. The number of para-hydroxylation sites is 1. The van der Waals surface area contributed by atoms with Crippen LogP contribution in [0, 0.1) is 0 Å². The van der Waals surface area contributed by atoms with Crippen molar-refractivity contribution in [2.24, 2.45) is 0 Å². The smallest absolute Gasteiger partial charge is 0.262 e. The number of hydrogen-bond acceptors (Lipinski definition) is 4. The van der Waals surface area contributed by atoms with Crippen LogP contribution in [0.1, 0.15) is 5.56 Å². The van der Waals surface area contributed by atoms with Gasteiger partial charge in [-0.15, -0.1) is 0 Å². The summed E-state index contributed by atoms with van der Waals surface area (Å²) in [5.41, 5.74) is 2.03. The molecule has 0 aromatic heterocycles. The van der Waals surface area contributed by atoms with Gasteiger partial charge in [0.2, 0.25) is 0 Å². The minimum Gasteiger partial charge on any atom is -0.497 e. The van der Waals surface area contributed by atoms with Crippen LogP contribution in [0.4, 0.5) is 11.4 Å². The fraction of sp³-hybridized carbons (Fsp3) is 0.136. The molecular weight excluding hydrogens is 454 g/mol. The average molecular weight is 476 g/mol. The van der Waals surface area contributed by atoms with Gasteiger partial charge in [-0.3, -0.25) is 4.72 Å². The molecule has 0 aliphatic carbocycles. The van der Waals surface area contributed by atoms with Crippen molar-refractivity contribution in [3.05, 3.63) is 83.4 Å². The van der Waals surface area contributed by atoms with Crippen molar-refractivity contribution in [2.45, 2.75) is 11.3 Å². The van der Waals surface area contributed by atoms with Gasteiger partial charge in [0.05, 0.1) is 22.7 Å². The normalized spacial score (nSPS) is 10.9. The van der Waals surface area contributed by atoms with E-state index in [4.69, 9.17) is 28.6 Å². The number of anilines is 2. The molecule has 3 N–H and O–H groups in total. The van der Waals surface area contributed by atoms with Crippen LogP contribution in [0.25, 0.3) is 0 Å². The van der Waals surface area contributed by atoms with Crippen molar-refractivity contribution in [1.82, 2.24) is 5.32 Å². The Morgan fingerprint density at radius 1 is 1.03 bits per heavy atom. The lowest BCUT2D eigenvalue weighted by atomic mass is 10.1. The first-order valence-electron chi connectivity index (χ1n) is 9.42. The Kier molecular flexibility index (Phi) is 7.73. The zero-order valence-corrected chi connectivity index (χ0v) is 19.2.